The zero-order valence-corrected chi connectivity index (χ0v) is 25.8. The van der Waals surface area contributed by atoms with E-state index in [1.807, 2.05) is 30.3 Å². The normalized spacial score (nSPS) is 10.5. The first-order chi connectivity index (χ1) is 18.0. The standard InChI is InChI=1S/C29H28O4P.2ClH.Pt/c1-20-16-21(30-2)17-25(32-4)28(20)29-26(33-5)18-22(31-3)19-27(29)34(23-12-8-6-9-13-23)24-14-10-7-11-15-24;;;/h6-19H,1H2,2-5H3;2*1H;/q-1;;;+2/p-1. The summed E-state index contributed by atoms with van der Waals surface area (Å²) in [5.41, 5.74) is 2.63. The predicted octanol–water partition coefficient (Wildman–Crippen LogP) is 6.44. The van der Waals surface area contributed by atoms with Crippen LogP contribution in [-0.4, -0.2) is 28.4 Å². The Morgan fingerprint density at radius 2 is 1.05 bits per heavy atom. The average molecular weight is 739 g/mol. The summed E-state index contributed by atoms with van der Waals surface area (Å²) in [7, 11) is 15.0. The van der Waals surface area contributed by atoms with Crippen molar-refractivity contribution in [1.82, 2.24) is 0 Å². The maximum atomic E-state index is 5.94. The number of benzene rings is 4. The van der Waals surface area contributed by atoms with Crippen molar-refractivity contribution in [2.75, 3.05) is 28.4 Å². The maximum absolute atomic E-state index is 5.94. The van der Waals surface area contributed by atoms with Crippen molar-refractivity contribution >= 4 is 42.7 Å². The molecule has 0 aromatic heterocycles. The molecule has 4 aromatic carbocycles. The first-order valence-electron chi connectivity index (χ1n) is 11.2. The molecule has 8 heteroatoms. The number of hydrogen-bond donors (Lipinski definition) is 0. The monoisotopic (exact) mass is 737 g/mol. The molecular formula is C29H29Cl2O4PPt. The molecule has 0 fully saturated rings. The minimum absolute atomic E-state index is 0.472. The van der Waals surface area contributed by atoms with Crippen LogP contribution in [0.4, 0.5) is 0 Å². The van der Waals surface area contributed by atoms with Gasteiger partial charge in [-0.05, 0) is 30.3 Å². The van der Waals surface area contributed by atoms with Crippen molar-refractivity contribution in [3.63, 3.8) is 0 Å². The molecule has 0 atom stereocenters. The summed E-state index contributed by atoms with van der Waals surface area (Å²) in [5, 5.41) is 3.65. The summed E-state index contributed by atoms with van der Waals surface area (Å²) in [6.45, 7) is 4.34. The molecule has 4 nitrogen and oxygen atoms in total. The molecule has 0 amide bonds. The van der Waals surface area contributed by atoms with Gasteiger partial charge in [0.2, 0.25) is 0 Å². The number of methoxy groups -OCH3 is 4. The fourth-order valence-electron chi connectivity index (χ4n) is 4.22. The van der Waals surface area contributed by atoms with Gasteiger partial charge in [0, 0.05) is 17.7 Å². The summed E-state index contributed by atoms with van der Waals surface area (Å²) in [4.78, 5) is 0. The van der Waals surface area contributed by atoms with Crippen molar-refractivity contribution in [2.24, 2.45) is 0 Å². The van der Waals surface area contributed by atoms with Gasteiger partial charge in [-0.2, -0.15) is 12.5 Å². The van der Waals surface area contributed by atoms with E-state index in [0.29, 0.717) is 17.2 Å². The molecule has 0 spiro atoms. The Hall–Kier alpha value is -2.35. The fourth-order valence-corrected chi connectivity index (χ4v) is 7.01. The van der Waals surface area contributed by atoms with Crippen LogP contribution in [0.2, 0.25) is 0 Å². The van der Waals surface area contributed by atoms with E-state index in [0.717, 1.165) is 27.7 Å². The van der Waals surface area contributed by atoms with Gasteiger partial charge in [-0.25, -0.2) is 0 Å². The summed E-state index contributed by atoms with van der Waals surface area (Å²) in [5.74, 6) is 2.81. The molecule has 4 aromatic rings. The predicted molar refractivity (Wildman–Crippen MR) is 154 cm³/mol. The van der Waals surface area contributed by atoms with Crippen LogP contribution in [0.5, 0.6) is 23.0 Å². The first kappa shape index (κ1) is 29.2. The van der Waals surface area contributed by atoms with Crippen molar-refractivity contribution in [2.45, 2.75) is 0 Å². The van der Waals surface area contributed by atoms with Crippen LogP contribution >= 0.6 is 26.8 Å². The van der Waals surface area contributed by atoms with Gasteiger partial charge in [0.05, 0.1) is 47.9 Å². The Balaban J connectivity index is 0.00000121. The molecule has 198 valence electrons. The van der Waals surface area contributed by atoms with Gasteiger partial charge in [-0.1, -0.05) is 42.0 Å². The van der Waals surface area contributed by atoms with E-state index < -0.39 is 24.4 Å². The Bertz CT molecular complexity index is 1250. The molecule has 37 heavy (non-hydrogen) atoms. The minimum atomic E-state index is -1.45. The molecule has 0 saturated carbocycles. The van der Waals surface area contributed by atoms with Gasteiger partial charge in [0.25, 0.3) is 0 Å². The molecule has 0 saturated heterocycles. The van der Waals surface area contributed by atoms with Crippen molar-refractivity contribution in [3.05, 3.63) is 97.4 Å². The third-order valence-electron chi connectivity index (χ3n) is 5.79. The van der Waals surface area contributed by atoms with Gasteiger partial charge >= 0.3 is 35.3 Å². The van der Waals surface area contributed by atoms with Crippen molar-refractivity contribution in [1.29, 1.82) is 0 Å². The molecule has 0 aliphatic heterocycles. The molecule has 4 rings (SSSR count). The van der Waals surface area contributed by atoms with E-state index in [1.165, 1.54) is 10.6 Å². The molecule has 0 aliphatic carbocycles. The van der Waals surface area contributed by atoms with E-state index >= 15 is 0 Å². The van der Waals surface area contributed by atoms with Gasteiger partial charge < -0.3 is 18.9 Å². The van der Waals surface area contributed by atoms with E-state index in [1.54, 1.807) is 28.4 Å². The van der Waals surface area contributed by atoms with Crippen LogP contribution in [0.3, 0.4) is 0 Å². The van der Waals surface area contributed by atoms with Crippen molar-refractivity contribution in [3.8, 4) is 34.1 Å². The molecular weight excluding hydrogens is 709 g/mol. The van der Waals surface area contributed by atoms with Crippen LogP contribution < -0.4 is 34.9 Å². The van der Waals surface area contributed by atoms with Crippen LogP contribution in [0, 0.1) is 6.92 Å². The van der Waals surface area contributed by atoms with Gasteiger partial charge in [-0.15, -0.1) is 6.07 Å². The quantitative estimate of drug-likeness (QED) is 0.154. The number of halogens is 2. The second kappa shape index (κ2) is 14.6. The van der Waals surface area contributed by atoms with Gasteiger partial charge in [0.15, 0.2) is 0 Å². The van der Waals surface area contributed by atoms with E-state index in [2.05, 4.69) is 61.5 Å². The molecule has 0 aliphatic rings. The summed E-state index contributed by atoms with van der Waals surface area (Å²) < 4.78 is 22.9. The van der Waals surface area contributed by atoms with E-state index in [-0.39, 0.29) is 0 Å². The van der Waals surface area contributed by atoms with Crippen LogP contribution in [-0.2, 0) is 16.5 Å². The topological polar surface area (TPSA) is 36.9 Å². The molecule has 0 N–H and O–H groups in total. The third kappa shape index (κ3) is 6.95. The SMILES string of the molecule is [CH2-]c1cc(OC)cc(OC)c1-c1c(OC)cc(OC)cc1[PH+](c1ccccc1)c1ccccc1.[Cl][Pt][Cl]. The van der Waals surface area contributed by atoms with Crippen LogP contribution in [0.1, 0.15) is 5.56 Å². The Kier molecular flexibility index (Phi) is 11.5. The number of ether oxygens (including phenoxy) is 4. The second-order valence-electron chi connectivity index (χ2n) is 7.77. The Morgan fingerprint density at radius 3 is 1.49 bits per heavy atom. The second-order valence-corrected chi connectivity index (χ2v) is 13.5. The van der Waals surface area contributed by atoms with Gasteiger partial charge in [-0.3, -0.25) is 0 Å². The van der Waals surface area contributed by atoms with Crippen LogP contribution in [0.15, 0.2) is 84.9 Å². The Labute approximate surface area is 237 Å². The summed E-state index contributed by atoms with van der Waals surface area (Å²) in [6.07, 6.45) is 0. The molecule has 0 heterocycles. The molecule has 0 unspecified atom stereocenters. The number of rotatable bonds is 8. The van der Waals surface area contributed by atoms with Gasteiger partial charge in [0.1, 0.15) is 27.4 Å². The van der Waals surface area contributed by atoms with Crippen molar-refractivity contribution < 1.29 is 35.4 Å². The zero-order chi connectivity index (χ0) is 26.8. The summed E-state index contributed by atoms with van der Waals surface area (Å²) in [6, 6.07) is 29.0. The first-order valence-corrected chi connectivity index (χ1v) is 18.3. The molecule has 0 radical (unpaired) electrons. The number of hydrogen-bond acceptors (Lipinski definition) is 4. The fraction of sp³-hybridized carbons (Fsp3) is 0.138. The van der Waals surface area contributed by atoms with E-state index in [9.17, 15) is 0 Å². The molecule has 0 bridgehead atoms. The summed E-state index contributed by atoms with van der Waals surface area (Å²) >= 11 is -0.472. The third-order valence-corrected chi connectivity index (χ3v) is 8.54. The zero-order valence-electron chi connectivity index (χ0n) is 21.0. The van der Waals surface area contributed by atoms with Crippen LogP contribution in [0.25, 0.3) is 11.1 Å². The van der Waals surface area contributed by atoms with E-state index in [4.69, 9.17) is 37.8 Å². The average Bonchev–Trinajstić information content (AvgIpc) is 2.94. The Morgan fingerprint density at radius 1 is 0.622 bits per heavy atom.